The molecular weight excluding hydrogens is 251 g/mol. The lowest BCUT2D eigenvalue weighted by Crippen LogP contribution is -2.46. The summed E-state index contributed by atoms with van der Waals surface area (Å²) in [5.41, 5.74) is 0.659. The predicted molar refractivity (Wildman–Crippen MR) is 66.5 cm³/mol. The number of aryl methyl sites for hydroxylation is 1. The van der Waals surface area contributed by atoms with E-state index in [1.807, 2.05) is 4.90 Å². The van der Waals surface area contributed by atoms with E-state index in [0.29, 0.717) is 5.69 Å². The van der Waals surface area contributed by atoms with E-state index < -0.39 is 0 Å². The van der Waals surface area contributed by atoms with Crippen LogP contribution in [0.25, 0.3) is 0 Å². The fraction of sp³-hybridized carbons (Fsp3) is 0.556. The topological polar surface area (TPSA) is 50.2 Å². The lowest BCUT2D eigenvalue weighted by Gasteiger charge is -2.27. The van der Waals surface area contributed by atoms with Crippen molar-refractivity contribution in [3.05, 3.63) is 18.0 Å². The van der Waals surface area contributed by atoms with Crippen LogP contribution in [0.5, 0.6) is 0 Å². The molecule has 0 aromatic carbocycles. The van der Waals surface area contributed by atoms with Crippen LogP contribution in [0.2, 0.25) is 0 Å². The largest absolute Gasteiger partial charge is 0.335 e. The first kappa shape index (κ1) is 15.2. The van der Waals surface area contributed by atoms with E-state index in [2.05, 4.69) is 10.4 Å². The van der Waals surface area contributed by atoms with E-state index in [0.717, 1.165) is 26.2 Å². The Kier molecular flexibility index (Phi) is 6.40. The van der Waals surface area contributed by atoms with Crippen LogP contribution < -0.4 is 5.32 Å². The molecule has 1 aliphatic heterocycles. The minimum absolute atomic E-state index is 0. The van der Waals surface area contributed by atoms with Crippen molar-refractivity contribution < 1.29 is 4.79 Å². The summed E-state index contributed by atoms with van der Waals surface area (Å²) in [6.45, 7) is 3.32. The molecule has 1 fully saturated rings. The van der Waals surface area contributed by atoms with Crippen molar-refractivity contribution in [1.82, 2.24) is 20.0 Å². The number of amides is 1. The number of hydrogen-bond donors (Lipinski definition) is 1. The highest BCUT2D eigenvalue weighted by molar-refractivity contribution is 5.92. The van der Waals surface area contributed by atoms with Gasteiger partial charge in [0, 0.05) is 39.4 Å². The molecular formula is C9H16Cl2N4O. The molecule has 2 rings (SSSR count). The van der Waals surface area contributed by atoms with Crippen molar-refractivity contribution in [2.45, 2.75) is 0 Å². The number of halogens is 2. The van der Waals surface area contributed by atoms with Crippen LogP contribution in [0.3, 0.4) is 0 Å². The summed E-state index contributed by atoms with van der Waals surface area (Å²) in [5, 5.41) is 7.20. The number of aromatic nitrogens is 2. The second-order valence-corrected chi connectivity index (χ2v) is 3.38. The Hall–Kier alpha value is -0.780. The monoisotopic (exact) mass is 266 g/mol. The highest BCUT2D eigenvalue weighted by atomic mass is 35.5. The first-order chi connectivity index (χ1) is 6.79. The van der Waals surface area contributed by atoms with Gasteiger partial charge in [-0.1, -0.05) is 0 Å². The van der Waals surface area contributed by atoms with Gasteiger partial charge in [0.25, 0.3) is 5.91 Å². The predicted octanol–water partition coefficient (Wildman–Crippen LogP) is 0.309. The van der Waals surface area contributed by atoms with Gasteiger partial charge < -0.3 is 10.2 Å². The minimum Gasteiger partial charge on any atom is -0.335 e. The third kappa shape index (κ3) is 3.10. The first-order valence-electron chi connectivity index (χ1n) is 4.77. The van der Waals surface area contributed by atoms with Crippen molar-refractivity contribution in [2.75, 3.05) is 26.2 Å². The van der Waals surface area contributed by atoms with E-state index in [1.54, 1.807) is 24.0 Å². The molecule has 0 unspecified atom stereocenters. The Labute approximate surface area is 107 Å². The van der Waals surface area contributed by atoms with E-state index in [4.69, 9.17) is 0 Å². The molecule has 16 heavy (non-hydrogen) atoms. The summed E-state index contributed by atoms with van der Waals surface area (Å²) >= 11 is 0. The van der Waals surface area contributed by atoms with Crippen molar-refractivity contribution in [3.63, 3.8) is 0 Å². The smallest absolute Gasteiger partial charge is 0.272 e. The van der Waals surface area contributed by atoms with E-state index in [1.165, 1.54) is 0 Å². The van der Waals surface area contributed by atoms with E-state index >= 15 is 0 Å². The maximum absolute atomic E-state index is 11.9. The maximum atomic E-state index is 11.9. The van der Waals surface area contributed by atoms with Gasteiger partial charge in [-0.15, -0.1) is 24.8 Å². The lowest BCUT2D eigenvalue weighted by molar-refractivity contribution is 0.0724. The standard InChI is InChI=1S/C9H14N4O.2ClH/c1-12-8(2-3-11-12)9(14)13-6-4-10-5-7-13;;/h2-3,10H,4-7H2,1H3;2*1H. The molecule has 1 N–H and O–H groups in total. The quantitative estimate of drug-likeness (QED) is 0.796. The summed E-state index contributed by atoms with van der Waals surface area (Å²) in [4.78, 5) is 13.8. The SMILES string of the molecule is Cl.Cl.Cn1nccc1C(=O)N1CCNCC1. The Bertz CT molecular complexity index is 336. The number of nitrogens with zero attached hydrogens (tertiary/aromatic N) is 3. The van der Waals surface area contributed by atoms with Crippen molar-refractivity contribution in [2.24, 2.45) is 7.05 Å². The van der Waals surface area contributed by atoms with Gasteiger partial charge in [0.15, 0.2) is 0 Å². The highest BCUT2D eigenvalue weighted by Crippen LogP contribution is 2.03. The van der Waals surface area contributed by atoms with Crippen LogP contribution in [-0.4, -0.2) is 46.8 Å². The average Bonchev–Trinajstić information content (AvgIpc) is 2.65. The Morgan fingerprint density at radius 3 is 2.50 bits per heavy atom. The van der Waals surface area contributed by atoms with E-state index in [9.17, 15) is 4.79 Å². The molecule has 1 aromatic heterocycles. The molecule has 0 bridgehead atoms. The van der Waals surface area contributed by atoms with Crippen molar-refractivity contribution >= 4 is 30.7 Å². The molecule has 7 heteroatoms. The third-order valence-electron chi connectivity index (χ3n) is 2.44. The number of nitrogens with one attached hydrogen (secondary N) is 1. The number of hydrogen-bond acceptors (Lipinski definition) is 3. The summed E-state index contributed by atoms with van der Waals surface area (Å²) < 4.78 is 1.62. The summed E-state index contributed by atoms with van der Waals surface area (Å²) in [6, 6.07) is 1.75. The van der Waals surface area contributed by atoms with Crippen LogP contribution in [0.15, 0.2) is 12.3 Å². The van der Waals surface area contributed by atoms with Crippen molar-refractivity contribution in [1.29, 1.82) is 0 Å². The first-order valence-corrected chi connectivity index (χ1v) is 4.77. The highest BCUT2D eigenvalue weighted by Gasteiger charge is 2.19. The van der Waals surface area contributed by atoms with Gasteiger partial charge in [-0.05, 0) is 6.07 Å². The second-order valence-electron chi connectivity index (χ2n) is 3.38. The molecule has 92 valence electrons. The zero-order valence-electron chi connectivity index (χ0n) is 9.05. The normalized spacial score (nSPS) is 14.9. The second kappa shape index (κ2) is 6.73. The number of rotatable bonds is 1. The Balaban J connectivity index is 0.00000112. The number of piperazine rings is 1. The van der Waals surface area contributed by atoms with Gasteiger partial charge >= 0.3 is 0 Å². The van der Waals surface area contributed by atoms with Gasteiger partial charge in [-0.3, -0.25) is 9.48 Å². The molecule has 5 nitrogen and oxygen atoms in total. The van der Waals surface area contributed by atoms with Crippen LogP contribution in [0.1, 0.15) is 10.5 Å². The molecule has 0 atom stereocenters. The maximum Gasteiger partial charge on any atom is 0.272 e. The molecule has 0 spiro atoms. The third-order valence-corrected chi connectivity index (χ3v) is 2.44. The molecule has 1 aliphatic rings. The summed E-state index contributed by atoms with van der Waals surface area (Å²) in [6.07, 6.45) is 1.65. The number of carbonyl (C=O) groups excluding carboxylic acids is 1. The summed E-state index contributed by atoms with van der Waals surface area (Å²) in [5.74, 6) is 0.0755. The fourth-order valence-corrected chi connectivity index (χ4v) is 1.61. The van der Waals surface area contributed by atoms with E-state index in [-0.39, 0.29) is 30.7 Å². The van der Waals surface area contributed by atoms with Gasteiger partial charge in [-0.2, -0.15) is 5.10 Å². The zero-order chi connectivity index (χ0) is 9.97. The van der Waals surface area contributed by atoms with Gasteiger partial charge in [-0.25, -0.2) is 0 Å². The molecule has 0 aliphatic carbocycles. The molecule has 1 aromatic rings. The molecule has 2 heterocycles. The van der Waals surface area contributed by atoms with Gasteiger partial charge in [0.05, 0.1) is 0 Å². The Morgan fingerprint density at radius 1 is 1.38 bits per heavy atom. The molecule has 1 amide bonds. The summed E-state index contributed by atoms with van der Waals surface area (Å²) in [7, 11) is 1.79. The Morgan fingerprint density at radius 2 is 2.00 bits per heavy atom. The lowest BCUT2D eigenvalue weighted by atomic mass is 10.3. The number of carbonyl (C=O) groups is 1. The van der Waals surface area contributed by atoms with Crippen molar-refractivity contribution in [3.8, 4) is 0 Å². The van der Waals surface area contributed by atoms with Gasteiger partial charge in [0.1, 0.15) is 5.69 Å². The molecule has 0 saturated carbocycles. The fourth-order valence-electron chi connectivity index (χ4n) is 1.61. The van der Waals surface area contributed by atoms with Crippen LogP contribution in [0.4, 0.5) is 0 Å². The van der Waals surface area contributed by atoms with Gasteiger partial charge in [0.2, 0.25) is 0 Å². The minimum atomic E-state index is 0. The zero-order valence-corrected chi connectivity index (χ0v) is 10.7. The molecule has 1 saturated heterocycles. The van der Waals surface area contributed by atoms with Crippen LogP contribution in [0, 0.1) is 0 Å². The van der Waals surface area contributed by atoms with Crippen LogP contribution >= 0.6 is 24.8 Å². The van der Waals surface area contributed by atoms with Crippen LogP contribution in [-0.2, 0) is 7.05 Å². The molecule has 0 radical (unpaired) electrons. The average molecular weight is 267 g/mol.